The van der Waals surface area contributed by atoms with E-state index in [0.717, 1.165) is 40.0 Å². The number of nitrogens with zero attached hydrogens (tertiary/aromatic N) is 4. The Hall–Kier alpha value is -0.920. The van der Waals surface area contributed by atoms with Gasteiger partial charge in [-0.15, -0.1) is 15.3 Å². The first-order valence-corrected chi connectivity index (χ1v) is 7.61. The summed E-state index contributed by atoms with van der Waals surface area (Å²) in [4.78, 5) is 1.04. The van der Waals surface area contributed by atoms with E-state index in [4.69, 9.17) is 0 Å². The third-order valence-corrected chi connectivity index (χ3v) is 4.40. The molecule has 0 saturated carbocycles. The van der Waals surface area contributed by atoms with Crippen LogP contribution < -0.4 is 5.32 Å². The Bertz CT molecular complexity index is 491. The number of nitrogens with one attached hydrogen (secondary N) is 1. The van der Waals surface area contributed by atoms with Crippen molar-refractivity contribution in [2.24, 2.45) is 0 Å². The van der Waals surface area contributed by atoms with E-state index in [2.05, 4.69) is 38.9 Å². The van der Waals surface area contributed by atoms with Crippen LogP contribution in [-0.2, 0) is 6.42 Å². The Kier molecular flexibility index (Phi) is 4.73. The van der Waals surface area contributed by atoms with Crippen molar-refractivity contribution >= 4 is 22.9 Å². The Morgan fingerprint density at radius 1 is 1.22 bits per heavy atom. The fourth-order valence-corrected chi connectivity index (χ4v) is 3.15. The van der Waals surface area contributed by atoms with Gasteiger partial charge in [0.25, 0.3) is 0 Å². The Morgan fingerprint density at radius 2 is 2.06 bits per heavy atom. The summed E-state index contributed by atoms with van der Waals surface area (Å²) in [5, 5.41) is 17.9. The lowest BCUT2D eigenvalue weighted by Gasteiger charge is -2.05. The summed E-state index contributed by atoms with van der Waals surface area (Å²) in [5.74, 6) is 0. The van der Waals surface area contributed by atoms with Crippen molar-refractivity contribution in [3.8, 4) is 9.88 Å². The molecule has 0 aliphatic rings. The lowest BCUT2D eigenvalue weighted by molar-refractivity contribution is 0.569. The van der Waals surface area contributed by atoms with Gasteiger partial charge in [0.15, 0.2) is 5.01 Å². The first kappa shape index (κ1) is 13.5. The number of hydrogen-bond acceptors (Lipinski definition) is 7. The minimum atomic E-state index is 0.542. The molecule has 2 aromatic heterocycles. The van der Waals surface area contributed by atoms with Crippen LogP contribution in [0.15, 0.2) is 0 Å². The molecule has 0 aromatic carbocycles. The smallest absolute Gasteiger partial charge is 0.161 e. The summed E-state index contributed by atoms with van der Waals surface area (Å²) >= 11 is 3.03. The molecule has 0 aliphatic carbocycles. The van der Waals surface area contributed by atoms with Crippen molar-refractivity contribution in [1.29, 1.82) is 0 Å². The molecule has 2 heterocycles. The molecule has 2 aromatic rings. The lowest BCUT2D eigenvalue weighted by Crippen LogP contribution is -2.23. The van der Waals surface area contributed by atoms with Crippen LogP contribution in [0.3, 0.4) is 0 Å². The van der Waals surface area contributed by atoms with E-state index in [9.17, 15) is 0 Å². The van der Waals surface area contributed by atoms with Gasteiger partial charge >= 0.3 is 0 Å². The quantitative estimate of drug-likeness (QED) is 0.824. The van der Waals surface area contributed by atoms with Crippen molar-refractivity contribution in [3.05, 3.63) is 10.7 Å². The van der Waals surface area contributed by atoms with Crippen LogP contribution in [-0.4, -0.2) is 32.4 Å². The molecule has 0 unspecified atom stereocenters. The highest BCUT2D eigenvalue weighted by Crippen LogP contribution is 2.28. The average Bonchev–Trinajstić information content (AvgIpc) is 2.92. The minimum absolute atomic E-state index is 0.542. The van der Waals surface area contributed by atoms with Gasteiger partial charge in [0.05, 0.1) is 5.69 Å². The number of hydrogen-bond donors (Lipinski definition) is 1. The highest BCUT2D eigenvalue weighted by molar-refractivity contribution is 7.19. The summed E-state index contributed by atoms with van der Waals surface area (Å²) < 4.78 is 3.92. The zero-order valence-corrected chi connectivity index (χ0v) is 12.4. The molecule has 7 heteroatoms. The summed E-state index contributed by atoms with van der Waals surface area (Å²) in [6.07, 6.45) is 2.06. The fraction of sp³-hybridized carbons (Fsp3) is 0.636. The number of aryl methyl sites for hydroxylation is 2. The van der Waals surface area contributed by atoms with E-state index in [0.29, 0.717) is 6.04 Å². The molecule has 18 heavy (non-hydrogen) atoms. The van der Waals surface area contributed by atoms with Crippen molar-refractivity contribution in [2.45, 2.75) is 39.7 Å². The molecule has 2 rings (SSSR count). The first-order chi connectivity index (χ1) is 8.66. The molecule has 98 valence electrons. The second kappa shape index (κ2) is 6.31. The predicted octanol–water partition coefficient (Wildman–Crippen LogP) is 2.30. The molecule has 5 nitrogen and oxygen atoms in total. The van der Waals surface area contributed by atoms with E-state index in [1.54, 1.807) is 11.3 Å². The van der Waals surface area contributed by atoms with Gasteiger partial charge in [0.2, 0.25) is 0 Å². The summed E-state index contributed by atoms with van der Waals surface area (Å²) in [6, 6.07) is 0.542. The molecule has 0 radical (unpaired) electrons. The molecular weight excluding hydrogens is 266 g/mol. The van der Waals surface area contributed by atoms with Gasteiger partial charge in [-0.05, 0) is 31.4 Å². The van der Waals surface area contributed by atoms with E-state index in [1.165, 1.54) is 11.5 Å². The highest BCUT2D eigenvalue weighted by atomic mass is 32.1. The number of aromatic nitrogens is 4. The zero-order chi connectivity index (χ0) is 13.0. The maximum absolute atomic E-state index is 4.22. The Balaban J connectivity index is 1.89. The lowest BCUT2D eigenvalue weighted by atomic mass is 10.3. The van der Waals surface area contributed by atoms with Crippen LogP contribution in [0.5, 0.6) is 0 Å². The monoisotopic (exact) mass is 283 g/mol. The fourth-order valence-electron chi connectivity index (χ4n) is 1.50. The van der Waals surface area contributed by atoms with Crippen molar-refractivity contribution in [3.63, 3.8) is 0 Å². The average molecular weight is 283 g/mol. The van der Waals surface area contributed by atoms with Crippen LogP contribution in [0.2, 0.25) is 0 Å². The van der Waals surface area contributed by atoms with Crippen molar-refractivity contribution in [2.75, 3.05) is 6.54 Å². The van der Waals surface area contributed by atoms with E-state index >= 15 is 0 Å². The highest BCUT2D eigenvalue weighted by Gasteiger charge is 2.12. The van der Waals surface area contributed by atoms with Crippen LogP contribution >= 0.6 is 22.9 Å². The largest absolute Gasteiger partial charge is 0.315 e. The molecule has 1 N–H and O–H groups in total. The SMILES string of the molecule is Cc1nnsc1-c1nnc(CCCNC(C)C)s1. The molecule has 0 spiro atoms. The van der Waals surface area contributed by atoms with E-state index in [-0.39, 0.29) is 0 Å². The van der Waals surface area contributed by atoms with Gasteiger partial charge in [0.1, 0.15) is 9.88 Å². The molecule has 0 fully saturated rings. The maximum Gasteiger partial charge on any atom is 0.161 e. The van der Waals surface area contributed by atoms with Gasteiger partial charge in [-0.25, -0.2) is 0 Å². The van der Waals surface area contributed by atoms with Crippen LogP contribution in [0, 0.1) is 6.92 Å². The third kappa shape index (κ3) is 3.54. The normalized spacial score (nSPS) is 11.3. The van der Waals surface area contributed by atoms with E-state index < -0.39 is 0 Å². The van der Waals surface area contributed by atoms with Gasteiger partial charge in [-0.1, -0.05) is 29.7 Å². The van der Waals surface area contributed by atoms with Gasteiger partial charge in [-0.3, -0.25) is 0 Å². The molecule has 0 amide bonds. The van der Waals surface area contributed by atoms with Crippen LogP contribution in [0.25, 0.3) is 9.88 Å². The Labute approximate surface area is 115 Å². The topological polar surface area (TPSA) is 63.6 Å². The minimum Gasteiger partial charge on any atom is -0.315 e. The maximum atomic E-state index is 4.22. The number of rotatable bonds is 6. The Morgan fingerprint density at radius 3 is 2.72 bits per heavy atom. The molecular formula is C11H17N5S2. The van der Waals surface area contributed by atoms with Crippen molar-refractivity contribution < 1.29 is 0 Å². The standard InChI is InChI=1S/C11H17N5S2/c1-7(2)12-6-4-5-9-14-15-11(17-9)10-8(3)13-16-18-10/h7,12H,4-6H2,1-3H3. The van der Waals surface area contributed by atoms with Gasteiger partial charge in [-0.2, -0.15) is 0 Å². The molecule has 0 atom stereocenters. The van der Waals surface area contributed by atoms with E-state index in [1.807, 2.05) is 6.92 Å². The third-order valence-electron chi connectivity index (χ3n) is 2.43. The molecule has 0 saturated heterocycles. The first-order valence-electron chi connectivity index (χ1n) is 6.02. The van der Waals surface area contributed by atoms with Gasteiger partial charge < -0.3 is 5.32 Å². The summed E-state index contributed by atoms with van der Waals surface area (Å²) in [7, 11) is 0. The molecule has 0 aliphatic heterocycles. The van der Waals surface area contributed by atoms with Crippen molar-refractivity contribution in [1.82, 2.24) is 25.1 Å². The summed E-state index contributed by atoms with van der Waals surface area (Å²) in [6.45, 7) is 7.28. The summed E-state index contributed by atoms with van der Waals surface area (Å²) in [5.41, 5.74) is 0.934. The zero-order valence-electron chi connectivity index (χ0n) is 10.8. The van der Waals surface area contributed by atoms with Gasteiger partial charge in [0, 0.05) is 12.5 Å². The van der Waals surface area contributed by atoms with Crippen LogP contribution in [0.4, 0.5) is 0 Å². The van der Waals surface area contributed by atoms with Crippen LogP contribution in [0.1, 0.15) is 31.0 Å². The second-order valence-electron chi connectivity index (χ2n) is 4.40. The second-order valence-corrected chi connectivity index (χ2v) is 6.22. The predicted molar refractivity (Wildman–Crippen MR) is 75.0 cm³/mol. The molecule has 0 bridgehead atoms.